The van der Waals surface area contributed by atoms with Crippen molar-refractivity contribution >= 4 is 11.8 Å². The van der Waals surface area contributed by atoms with Crippen molar-refractivity contribution in [3.8, 4) is 0 Å². The maximum absolute atomic E-state index is 4.61. The van der Waals surface area contributed by atoms with Crippen LogP contribution in [0, 0.1) is 0 Å². The zero-order valence-electron chi connectivity index (χ0n) is 8.83. The molecule has 2 aliphatic heterocycles. The van der Waals surface area contributed by atoms with Crippen molar-refractivity contribution in [1.82, 2.24) is 10.3 Å². The van der Waals surface area contributed by atoms with Gasteiger partial charge in [-0.3, -0.25) is 4.98 Å². The number of thioether (sulfide) groups is 1. The molecular formula is C12H16N2S. The monoisotopic (exact) mass is 220 g/mol. The second-order valence-electron chi connectivity index (χ2n) is 4.33. The fourth-order valence-corrected chi connectivity index (χ4v) is 3.37. The van der Waals surface area contributed by atoms with Crippen LogP contribution in [-0.4, -0.2) is 17.3 Å². The summed E-state index contributed by atoms with van der Waals surface area (Å²) >= 11 is 2.03. The van der Waals surface area contributed by atoms with Crippen LogP contribution in [0.5, 0.6) is 0 Å². The Labute approximate surface area is 94.9 Å². The number of nitrogens with zero attached hydrogens (tertiary/aromatic N) is 1. The third-order valence-electron chi connectivity index (χ3n) is 3.28. The lowest BCUT2D eigenvalue weighted by atomic mass is 10.0. The van der Waals surface area contributed by atoms with E-state index in [1.165, 1.54) is 35.4 Å². The van der Waals surface area contributed by atoms with Crippen LogP contribution in [0.1, 0.15) is 35.7 Å². The predicted octanol–water partition coefficient (Wildman–Crippen LogP) is 2.30. The average molecular weight is 220 g/mol. The Kier molecular flexibility index (Phi) is 2.67. The van der Waals surface area contributed by atoms with E-state index in [2.05, 4.69) is 22.6 Å². The molecule has 3 rings (SSSR count). The van der Waals surface area contributed by atoms with Crippen molar-refractivity contribution in [2.24, 2.45) is 0 Å². The molecule has 2 nitrogen and oxygen atoms in total. The van der Waals surface area contributed by atoms with Crippen molar-refractivity contribution in [2.75, 3.05) is 12.3 Å². The first-order valence-corrected chi connectivity index (χ1v) is 6.88. The lowest BCUT2D eigenvalue weighted by Crippen LogP contribution is -2.15. The number of rotatable bonds is 1. The van der Waals surface area contributed by atoms with Gasteiger partial charge in [-0.25, -0.2) is 0 Å². The molecule has 3 heterocycles. The van der Waals surface area contributed by atoms with E-state index in [0.29, 0.717) is 6.04 Å². The maximum atomic E-state index is 4.61. The van der Waals surface area contributed by atoms with Crippen molar-refractivity contribution in [3.05, 3.63) is 29.1 Å². The zero-order chi connectivity index (χ0) is 10.1. The smallest absolute Gasteiger partial charge is 0.0452 e. The highest BCUT2D eigenvalue weighted by Crippen LogP contribution is 2.28. The summed E-state index contributed by atoms with van der Waals surface area (Å²) in [5.41, 5.74) is 4.20. The van der Waals surface area contributed by atoms with E-state index in [9.17, 15) is 0 Å². The SMILES string of the molecule is c1nc2c(cc1C1CCCN1)CSCC2. The molecule has 0 amide bonds. The molecule has 3 heteroatoms. The van der Waals surface area contributed by atoms with Crippen molar-refractivity contribution in [1.29, 1.82) is 0 Å². The first-order valence-electron chi connectivity index (χ1n) is 5.72. The predicted molar refractivity (Wildman–Crippen MR) is 64.1 cm³/mol. The van der Waals surface area contributed by atoms with Gasteiger partial charge < -0.3 is 5.32 Å². The van der Waals surface area contributed by atoms with E-state index in [-0.39, 0.29) is 0 Å². The summed E-state index contributed by atoms with van der Waals surface area (Å²) in [6, 6.07) is 2.94. The van der Waals surface area contributed by atoms with Gasteiger partial charge in [-0.15, -0.1) is 0 Å². The minimum absolute atomic E-state index is 0.565. The van der Waals surface area contributed by atoms with Crippen LogP contribution in [0.2, 0.25) is 0 Å². The second-order valence-corrected chi connectivity index (χ2v) is 5.43. The Bertz CT molecular complexity index is 359. The van der Waals surface area contributed by atoms with Gasteiger partial charge in [0.05, 0.1) is 0 Å². The van der Waals surface area contributed by atoms with Gasteiger partial charge in [-0.05, 0) is 42.7 Å². The number of pyridine rings is 1. The van der Waals surface area contributed by atoms with E-state index in [4.69, 9.17) is 0 Å². The maximum Gasteiger partial charge on any atom is 0.0452 e. The van der Waals surface area contributed by atoms with E-state index >= 15 is 0 Å². The minimum atomic E-state index is 0.565. The fourth-order valence-electron chi connectivity index (χ4n) is 2.42. The summed E-state index contributed by atoms with van der Waals surface area (Å²) in [4.78, 5) is 4.61. The van der Waals surface area contributed by atoms with E-state index < -0.39 is 0 Å². The largest absolute Gasteiger partial charge is 0.310 e. The molecule has 1 aromatic rings. The molecule has 2 aliphatic rings. The molecule has 1 saturated heterocycles. The molecule has 0 aromatic carbocycles. The fraction of sp³-hybridized carbons (Fsp3) is 0.583. The van der Waals surface area contributed by atoms with E-state index in [0.717, 1.165) is 18.7 Å². The van der Waals surface area contributed by atoms with Gasteiger partial charge >= 0.3 is 0 Å². The summed E-state index contributed by atoms with van der Waals surface area (Å²) < 4.78 is 0. The highest BCUT2D eigenvalue weighted by atomic mass is 32.2. The molecule has 1 unspecified atom stereocenters. The van der Waals surface area contributed by atoms with Gasteiger partial charge in [0.1, 0.15) is 0 Å². The lowest BCUT2D eigenvalue weighted by Gasteiger charge is -2.17. The van der Waals surface area contributed by atoms with Crippen LogP contribution in [0.3, 0.4) is 0 Å². The van der Waals surface area contributed by atoms with Crippen LogP contribution in [-0.2, 0) is 12.2 Å². The van der Waals surface area contributed by atoms with E-state index in [1.807, 2.05) is 11.8 Å². The number of hydrogen-bond acceptors (Lipinski definition) is 3. The van der Waals surface area contributed by atoms with Crippen molar-refractivity contribution < 1.29 is 0 Å². The third kappa shape index (κ3) is 1.91. The number of aromatic nitrogens is 1. The quantitative estimate of drug-likeness (QED) is 0.786. The molecule has 1 atom stereocenters. The van der Waals surface area contributed by atoms with Gasteiger partial charge in [0.15, 0.2) is 0 Å². The number of fused-ring (bicyclic) bond motifs is 1. The van der Waals surface area contributed by atoms with Gasteiger partial charge in [-0.1, -0.05) is 6.07 Å². The molecule has 0 saturated carbocycles. The Morgan fingerprint density at radius 2 is 2.47 bits per heavy atom. The van der Waals surface area contributed by atoms with Crippen LogP contribution >= 0.6 is 11.8 Å². The van der Waals surface area contributed by atoms with Gasteiger partial charge in [-0.2, -0.15) is 11.8 Å². The third-order valence-corrected chi connectivity index (χ3v) is 4.29. The molecule has 80 valence electrons. The summed E-state index contributed by atoms with van der Waals surface area (Å²) in [6.45, 7) is 1.16. The topological polar surface area (TPSA) is 24.9 Å². The molecule has 15 heavy (non-hydrogen) atoms. The molecule has 0 spiro atoms. The average Bonchev–Trinajstić information content (AvgIpc) is 2.82. The van der Waals surface area contributed by atoms with Crippen LogP contribution in [0.4, 0.5) is 0 Å². The summed E-state index contributed by atoms with van der Waals surface area (Å²) in [7, 11) is 0. The number of nitrogens with one attached hydrogen (secondary N) is 1. The highest BCUT2D eigenvalue weighted by Gasteiger charge is 2.18. The number of hydrogen-bond donors (Lipinski definition) is 1. The standard InChI is InChI=1S/C12H16N2S/c1-2-11(13-4-1)9-6-10-8-15-5-3-12(10)14-7-9/h6-7,11,13H,1-5,8H2. The normalized spacial score (nSPS) is 25.2. The van der Waals surface area contributed by atoms with Crippen molar-refractivity contribution in [2.45, 2.75) is 31.1 Å². The van der Waals surface area contributed by atoms with Crippen LogP contribution in [0.25, 0.3) is 0 Å². The Balaban J connectivity index is 1.89. The van der Waals surface area contributed by atoms with Gasteiger partial charge in [0, 0.05) is 23.7 Å². The molecule has 0 aliphatic carbocycles. The Morgan fingerprint density at radius 3 is 3.33 bits per heavy atom. The minimum Gasteiger partial charge on any atom is -0.310 e. The summed E-state index contributed by atoms with van der Waals surface area (Å²) in [5.74, 6) is 2.39. The van der Waals surface area contributed by atoms with Crippen LogP contribution in [0.15, 0.2) is 12.3 Å². The zero-order valence-corrected chi connectivity index (χ0v) is 9.65. The molecular weight excluding hydrogens is 204 g/mol. The molecule has 1 fully saturated rings. The Hall–Kier alpha value is -0.540. The summed E-state index contributed by atoms with van der Waals surface area (Å²) in [5, 5.41) is 3.53. The Morgan fingerprint density at radius 1 is 1.47 bits per heavy atom. The molecule has 0 radical (unpaired) electrons. The highest BCUT2D eigenvalue weighted by molar-refractivity contribution is 7.98. The van der Waals surface area contributed by atoms with Gasteiger partial charge in [0.25, 0.3) is 0 Å². The first-order chi connectivity index (χ1) is 7.43. The second kappa shape index (κ2) is 4.14. The van der Waals surface area contributed by atoms with Crippen LogP contribution < -0.4 is 5.32 Å². The molecule has 0 bridgehead atoms. The number of aryl methyl sites for hydroxylation is 1. The first kappa shape index (κ1) is 9.67. The summed E-state index contributed by atoms with van der Waals surface area (Å²) in [6.07, 6.45) is 5.81. The molecule has 1 N–H and O–H groups in total. The van der Waals surface area contributed by atoms with Crippen molar-refractivity contribution in [3.63, 3.8) is 0 Å². The lowest BCUT2D eigenvalue weighted by molar-refractivity contribution is 0.643. The molecule has 1 aromatic heterocycles. The van der Waals surface area contributed by atoms with Gasteiger partial charge in [0.2, 0.25) is 0 Å². The van der Waals surface area contributed by atoms with E-state index in [1.54, 1.807) is 0 Å².